The second-order valence-corrected chi connectivity index (χ2v) is 6.63. The lowest BCUT2D eigenvalue weighted by molar-refractivity contribution is 0.485. The number of pyridine rings is 1. The topological polar surface area (TPSA) is 71.1 Å². The second kappa shape index (κ2) is 5.77. The molecule has 18 heavy (non-hydrogen) atoms. The average Bonchev–Trinajstić information content (AvgIpc) is 2.40. The molecule has 2 atom stereocenters. The number of hydrogen-bond acceptors (Lipinski definition) is 4. The SMILES string of the molecule is CC(NS(=O)(=O)C1CCCNC1)c1cccnc1. The Kier molecular flexibility index (Phi) is 4.31. The molecule has 5 nitrogen and oxygen atoms in total. The van der Waals surface area contributed by atoms with Crippen molar-refractivity contribution in [1.29, 1.82) is 0 Å². The minimum absolute atomic E-state index is 0.245. The molecule has 100 valence electrons. The van der Waals surface area contributed by atoms with Crippen molar-refractivity contribution in [3.05, 3.63) is 30.1 Å². The van der Waals surface area contributed by atoms with Gasteiger partial charge in [-0.2, -0.15) is 0 Å². The van der Waals surface area contributed by atoms with Crippen LogP contribution in [0.3, 0.4) is 0 Å². The smallest absolute Gasteiger partial charge is 0.216 e. The Hall–Kier alpha value is -0.980. The zero-order valence-corrected chi connectivity index (χ0v) is 11.3. The summed E-state index contributed by atoms with van der Waals surface area (Å²) in [5.74, 6) is 0. The van der Waals surface area contributed by atoms with Gasteiger partial charge >= 0.3 is 0 Å². The molecule has 2 rings (SSSR count). The highest BCUT2D eigenvalue weighted by molar-refractivity contribution is 7.90. The Bertz CT molecular complexity index is 469. The van der Waals surface area contributed by atoms with Crippen LogP contribution in [0.5, 0.6) is 0 Å². The maximum atomic E-state index is 12.2. The first-order chi connectivity index (χ1) is 8.59. The molecule has 0 bridgehead atoms. The zero-order chi connectivity index (χ0) is 13.0. The van der Waals surface area contributed by atoms with Crippen molar-refractivity contribution in [2.45, 2.75) is 31.1 Å². The van der Waals surface area contributed by atoms with Gasteiger partial charge in [0.2, 0.25) is 10.0 Å². The third-order valence-electron chi connectivity index (χ3n) is 3.22. The van der Waals surface area contributed by atoms with Crippen LogP contribution < -0.4 is 10.0 Å². The van der Waals surface area contributed by atoms with E-state index in [9.17, 15) is 8.42 Å². The summed E-state index contributed by atoms with van der Waals surface area (Å²) in [4.78, 5) is 4.00. The first-order valence-electron chi connectivity index (χ1n) is 6.21. The zero-order valence-electron chi connectivity index (χ0n) is 10.5. The quantitative estimate of drug-likeness (QED) is 0.848. The number of aromatic nitrogens is 1. The highest BCUT2D eigenvalue weighted by Gasteiger charge is 2.28. The van der Waals surface area contributed by atoms with Crippen LogP contribution in [0, 0.1) is 0 Å². The van der Waals surface area contributed by atoms with Crippen LogP contribution in [0.4, 0.5) is 0 Å². The third kappa shape index (κ3) is 3.28. The molecule has 0 radical (unpaired) electrons. The van der Waals surface area contributed by atoms with E-state index in [1.54, 1.807) is 12.4 Å². The molecule has 2 unspecified atom stereocenters. The van der Waals surface area contributed by atoms with E-state index >= 15 is 0 Å². The summed E-state index contributed by atoms with van der Waals surface area (Å²) >= 11 is 0. The van der Waals surface area contributed by atoms with E-state index in [2.05, 4.69) is 15.0 Å². The van der Waals surface area contributed by atoms with Gasteiger partial charge in [-0.05, 0) is 37.9 Å². The van der Waals surface area contributed by atoms with Crippen molar-refractivity contribution >= 4 is 10.0 Å². The Morgan fingerprint density at radius 2 is 2.39 bits per heavy atom. The van der Waals surface area contributed by atoms with Gasteiger partial charge in [0.15, 0.2) is 0 Å². The molecule has 1 aromatic heterocycles. The molecule has 1 fully saturated rings. The van der Waals surface area contributed by atoms with E-state index in [1.165, 1.54) is 0 Å². The highest BCUT2D eigenvalue weighted by atomic mass is 32.2. The normalized spacial score (nSPS) is 22.6. The standard InChI is InChI=1S/C12H19N3O2S/c1-10(11-4-2-6-13-8-11)15-18(16,17)12-5-3-7-14-9-12/h2,4,6,8,10,12,14-15H,3,5,7,9H2,1H3. The molecular weight excluding hydrogens is 250 g/mol. The van der Waals surface area contributed by atoms with E-state index < -0.39 is 10.0 Å². The van der Waals surface area contributed by atoms with Gasteiger partial charge < -0.3 is 5.32 Å². The first kappa shape index (κ1) is 13.5. The summed E-state index contributed by atoms with van der Waals surface area (Å²) in [6, 6.07) is 3.44. The minimum Gasteiger partial charge on any atom is -0.315 e. The molecule has 1 saturated heterocycles. The molecule has 0 saturated carbocycles. The van der Waals surface area contributed by atoms with Gasteiger partial charge in [-0.25, -0.2) is 13.1 Å². The van der Waals surface area contributed by atoms with E-state index in [1.807, 2.05) is 19.1 Å². The Morgan fingerprint density at radius 3 is 3.00 bits per heavy atom. The summed E-state index contributed by atoms with van der Waals surface area (Å²) in [6.45, 7) is 3.28. The lowest BCUT2D eigenvalue weighted by Gasteiger charge is -2.25. The molecule has 1 aromatic rings. The average molecular weight is 269 g/mol. The van der Waals surface area contributed by atoms with Crippen LogP contribution in [0.25, 0.3) is 0 Å². The molecule has 6 heteroatoms. The number of nitrogens with zero attached hydrogens (tertiary/aromatic N) is 1. The fourth-order valence-corrected chi connectivity index (χ4v) is 3.76. The van der Waals surface area contributed by atoms with Gasteiger partial charge in [-0.3, -0.25) is 4.98 Å². The van der Waals surface area contributed by atoms with E-state index in [4.69, 9.17) is 0 Å². The van der Waals surface area contributed by atoms with Crippen molar-refractivity contribution in [3.8, 4) is 0 Å². The lowest BCUT2D eigenvalue weighted by atomic mass is 10.2. The summed E-state index contributed by atoms with van der Waals surface area (Å²) < 4.78 is 27.1. The molecule has 2 heterocycles. The predicted octanol–water partition coefficient (Wildman–Crippen LogP) is 0.814. The Balaban J connectivity index is 2.03. The summed E-state index contributed by atoms with van der Waals surface area (Å²) in [6.07, 6.45) is 5.00. The van der Waals surface area contributed by atoms with Crippen molar-refractivity contribution < 1.29 is 8.42 Å². The molecule has 0 aliphatic carbocycles. The number of piperidine rings is 1. The second-order valence-electron chi connectivity index (χ2n) is 4.64. The van der Waals surface area contributed by atoms with Crippen molar-refractivity contribution in [2.75, 3.05) is 13.1 Å². The van der Waals surface area contributed by atoms with Crippen LogP contribution >= 0.6 is 0 Å². The molecule has 0 amide bonds. The molecule has 2 N–H and O–H groups in total. The fourth-order valence-electron chi connectivity index (χ4n) is 2.13. The third-order valence-corrected chi connectivity index (χ3v) is 5.18. The van der Waals surface area contributed by atoms with Gasteiger partial charge in [0.05, 0.1) is 5.25 Å². The van der Waals surface area contributed by atoms with E-state index in [0.29, 0.717) is 6.54 Å². The van der Waals surface area contributed by atoms with Crippen molar-refractivity contribution in [1.82, 2.24) is 15.0 Å². The number of nitrogens with one attached hydrogen (secondary N) is 2. The molecule has 0 aromatic carbocycles. The summed E-state index contributed by atoms with van der Waals surface area (Å²) in [5.41, 5.74) is 0.879. The van der Waals surface area contributed by atoms with Crippen molar-refractivity contribution in [3.63, 3.8) is 0 Å². The van der Waals surface area contributed by atoms with Crippen molar-refractivity contribution in [2.24, 2.45) is 0 Å². The number of hydrogen-bond donors (Lipinski definition) is 2. The van der Waals surface area contributed by atoms with Gasteiger partial charge in [-0.1, -0.05) is 6.07 Å². The van der Waals surface area contributed by atoms with Gasteiger partial charge in [-0.15, -0.1) is 0 Å². The minimum atomic E-state index is -3.27. The van der Waals surface area contributed by atoms with Crippen LogP contribution in [-0.2, 0) is 10.0 Å². The van der Waals surface area contributed by atoms with Crippen LogP contribution in [0.2, 0.25) is 0 Å². The maximum Gasteiger partial charge on any atom is 0.216 e. The van der Waals surface area contributed by atoms with Gasteiger partial charge in [0.25, 0.3) is 0 Å². The molecule has 1 aliphatic rings. The first-order valence-corrected chi connectivity index (χ1v) is 7.76. The summed E-state index contributed by atoms with van der Waals surface area (Å²) in [7, 11) is -3.27. The lowest BCUT2D eigenvalue weighted by Crippen LogP contribution is -2.44. The molecule has 1 aliphatic heterocycles. The van der Waals surface area contributed by atoms with E-state index in [-0.39, 0.29) is 11.3 Å². The predicted molar refractivity (Wildman–Crippen MR) is 70.6 cm³/mol. The maximum absolute atomic E-state index is 12.2. The number of sulfonamides is 1. The van der Waals surface area contributed by atoms with Gasteiger partial charge in [0.1, 0.15) is 0 Å². The Labute approximate surface area is 108 Å². The largest absolute Gasteiger partial charge is 0.315 e. The fraction of sp³-hybridized carbons (Fsp3) is 0.583. The highest BCUT2D eigenvalue weighted by Crippen LogP contribution is 2.16. The van der Waals surface area contributed by atoms with Crippen LogP contribution in [-0.4, -0.2) is 31.7 Å². The molecular formula is C12H19N3O2S. The Morgan fingerprint density at radius 1 is 1.56 bits per heavy atom. The summed E-state index contributed by atoms with van der Waals surface area (Å²) in [5, 5.41) is 2.79. The van der Waals surface area contributed by atoms with Crippen LogP contribution in [0.15, 0.2) is 24.5 Å². The monoisotopic (exact) mass is 269 g/mol. The van der Waals surface area contributed by atoms with Gasteiger partial charge in [0, 0.05) is 25.0 Å². The van der Waals surface area contributed by atoms with E-state index in [0.717, 1.165) is 24.9 Å². The number of rotatable bonds is 4. The molecule has 0 spiro atoms. The van der Waals surface area contributed by atoms with Crippen LogP contribution in [0.1, 0.15) is 31.4 Å².